The Morgan fingerprint density at radius 2 is 2.16 bits per heavy atom. The van der Waals surface area contributed by atoms with Crippen LogP contribution in [0.4, 0.5) is 5.69 Å². The summed E-state index contributed by atoms with van der Waals surface area (Å²) in [4.78, 5) is 0. The van der Waals surface area contributed by atoms with Crippen molar-refractivity contribution in [1.29, 1.82) is 0 Å². The molecule has 0 radical (unpaired) electrons. The molecule has 0 saturated heterocycles. The van der Waals surface area contributed by atoms with E-state index in [-0.39, 0.29) is 11.6 Å². The van der Waals surface area contributed by atoms with E-state index < -0.39 is 10.0 Å². The van der Waals surface area contributed by atoms with Crippen LogP contribution in [0.15, 0.2) is 36.7 Å². The number of aromatic nitrogens is 2. The lowest BCUT2D eigenvalue weighted by atomic mass is 10.3. The molecule has 2 rings (SSSR count). The third-order valence-corrected chi connectivity index (χ3v) is 4.24. The first kappa shape index (κ1) is 14.2. The Balaban J connectivity index is 2.42. The predicted octanol–water partition coefficient (Wildman–Crippen LogP) is 2.51. The zero-order valence-electron chi connectivity index (χ0n) is 9.75. The second kappa shape index (κ2) is 5.81. The molecule has 0 spiro atoms. The maximum atomic E-state index is 11.8. The Hall–Kier alpha value is -1.24. The van der Waals surface area contributed by atoms with Gasteiger partial charge in [0, 0.05) is 23.3 Å². The fraction of sp³-hybridized carbons (Fsp3) is 0.182. The van der Waals surface area contributed by atoms with Gasteiger partial charge >= 0.3 is 0 Å². The predicted molar refractivity (Wildman–Crippen MR) is 76.7 cm³/mol. The van der Waals surface area contributed by atoms with Crippen LogP contribution in [0.2, 0.25) is 5.02 Å². The van der Waals surface area contributed by atoms with Gasteiger partial charge in [0.2, 0.25) is 10.0 Å². The summed E-state index contributed by atoms with van der Waals surface area (Å²) < 4.78 is 27.5. The molecule has 2 aromatic rings. The number of hydrogen-bond acceptors (Lipinski definition) is 3. The highest BCUT2D eigenvalue weighted by Gasteiger charge is 2.14. The number of alkyl halides is 1. The molecule has 8 heteroatoms. The number of hydrogen-bond donors (Lipinski definition) is 1. The third-order valence-electron chi connectivity index (χ3n) is 2.32. The van der Waals surface area contributed by atoms with Gasteiger partial charge in [-0.05, 0) is 24.3 Å². The summed E-state index contributed by atoms with van der Waals surface area (Å²) in [6.07, 6.45) is 3.31. The highest BCUT2D eigenvalue weighted by molar-refractivity contribution is 7.92. The fourth-order valence-electron chi connectivity index (χ4n) is 1.52. The summed E-state index contributed by atoms with van der Waals surface area (Å²) in [6.45, 7) is 0. The second-order valence-corrected chi connectivity index (χ2v) is 6.38. The molecule has 102 valence electrons. The van der Waals surface area contributed by atoms with Crippen molar-refractivity contribution >= 4 is 38.9 Å². The Labute approximate surface area is 121 Å². The number of sulfonamides is 1. The molecule has 0 saturated carbocycles. The lowest BCUT2D eigenvalue weighted by molar-refractivity contribution is 0.602. The zero-order chi connectivity index (χ0) is 13.9. The second-order valence-electron chi connectivity index (χ2n) is 3.72. The fourth-order valence-corrected chi connectivity index (χ4v) is 3.11. The van der Waals surface area contributed by atoms with E-state index in [4.69, 9.17) is 23.2 Å². The van der Waals surface area contributed by atoms with Crippen LogP contribution in [0.5, 0.6) is 0 Å². The van der Waals surface area contributed by atoms with Gasteiger partial charge in [-0.1, -0.05) is 11.6 Å². The lowest BCUT2D eigenvalue weighted by Crippen LogP contribution is -2.18. The van der Waals surface area contributed by atoms with Crippen molar-refractivity contribution in [2.45, 2.75) is 0 Å². The molecule has 19 heavy (non-hydrogen) atoms. The van der Waals surface area contributed by atoms with E-state index in [1.807, 2.05) is 0 Å². The van der Waals surface area contributed by atoms with Gasteiger partial charge in [-0.2, -0.15) is 5.10 Å². The van der Waals surface area contributed by atoms with Gasteiger partial charge in [0.05, 0.1) is 17.1 Å². The lowest BCUT2D eigenvalue weighted by Gasteiger charge is -2.12. The third kappa shape index (κ3) is 3.62. The SMILES string of the molecule is O=S(=O)(CCCl)Nc1cc(Cl)ccc1-n1cccn1. The average molecular weight is 320 g/mol. The first-order valence-corrected chi connectivity index (χ1v) is 7.94. The summed E-state index contributed by atoms with van der Waals surface area (Å²) in [5.41, 5.74) is 0.953. The molecule has 1 aromatic heterocycles. The van der Waals surface area contributed by atoms with Crippen molar-refractivity contribution in [3.05, 3.63) is 41.7 Å². The number of nitrogens with one attached hydrogen (secondary N) is 1. The van der Waals surface area contributed by atoms with Crippen molar-refractivity contribution in [3.8, 4) is 5.69 Å². The molecule has 0 aliphatic rings. The van der Waals surface area contributed by atoms with Crippen molar-refractivity contribution < 1.29 is 8.42 Å². The number of benzene rings is 1. The Morgan fingerprint density at radius 3 is 2.79 bits per heavy atom. The molecule has 0 aliphatic carbocycles. The summed E-state index contributed by atoms with van der Waals surface area (Å²) in [7, 11) is -3.50. The van der Waals surface area contributed by atoms with E-state index in [9.17, 15) is 8.42 Å². The molecule has 1 N–H and O–H groups in total. The molecular formula is C11H11Cl2N3O2S. The Kier molecular flexibility index (Phi) is 4.34. The highest BCUT2D eigenvalue weighted by Crippen LogP contribution is 2.25. The number of anilines is 1. The molecule has 0 atom stereocenters. The largest absolute Gasteiger partial charge is 0.281 e. The Bertz CT molecular complexity index is 657. The molecule has 0 aliphatic heterocycles. The summed E-state index contributed by atoms with van der Waals surface area (Å²) in [5.74, 6) is -0.146. The van der Waals surface area contributed by atoms with Gasteiger partial charge in [0.25, 0.3) is 0 Å². The van der Waals surface area contributed by atoms with E-state index in [1.54, 1.807) is 35.3 Å². The molecule has 0 amide bonds. The van der Waals surface area contributed by atoms with E-state index in [1.165, 1.54) is 6.07 Å². The standard InChI is InChI=1S/C11H11Cl2N3O2S/c12-4-7-19(17,18)15-10-8-9(13)2-3-11(10)16-6-1-5-14-16/h1-3,5-6,8,15H,4,7H2. The van der Waals surface area contributed by atoms with Crippen molar-refractivity contribution in [3.63, 3.8) is 0 Å². The number of nitrogens with zero attached hydrogens (tertiary/aromatic N) is 2. The smallest absolute Gasteiger partial charge is 0.233 e. The maximum absolute atomic E-state index is 11.8. The van der Waals surface area contributed by atoms with E-state index in [2.05, 4.69) is 9.82 Å². The molecular weight excluding hydrogens is 309 g/mol. The highest BCUT2D eigenvalue weighted by atomic mass is 35.5. The van der Waals surface area contributed by atoms with Crippen LogP contribution in [0, 0.1) is 0 Å². The molecule has 1 heterocycles. The zero-order valence-corrected chi connectivity index (χ0v) is 12.1. The van der Waals surface area contributed by atoms with Gasteiger partial charge in [-0.15, -0.1) is 11.6 Å². The molecule has 1 aromatic carbocycles. The van der Waals surface area contributed by atoms with Crippen LogP contribution in [-0.4, -0.2) is 29.8 Å². The van der Waals surface area contributed by atoms with Gasteiger partial charge in [0.1, 0.15) is 0 Å². The minimum Gasteiger partial charge on any atom is -0.281 e. The molecule has 0 bridgehead atoms. The van der Waals surface area contributed by atoms with E-state index >= 15 is 0 Å². The summed E-state index contributed by atoms with van der Waals surface area (Å²) in [5, 5.41) is 4.50. The quantitative estimate of drug-likeness (QED) is 0.861. The first-order chi connectivity index (χ1) is 9.02. The van der Waals surface area contributed by atoms with Gasteiger partial charge in [-0.3, -0.25) is 4.72 Å². The van der Waals surface area contributed by atoms with Crippen LogP contribution in [0.3, 0.4) is 0 Å². The Morgan fingerprint density at radius 1 is 1.37 bits per heavy atom. The topological polar surface area (TPSA) is 64.0 Å². The van der Waals surface area contributed by atoms with Crippen molar-refractivity contribution in [2.75, 3.05) is 16.4 Å². The van der Waals surface area contributed by atoms with Crippen molar-refractivity contribution in [1.82, 2.24) is 9.78 Å². The van der Waals surface area contributed by atoms with Crippen LogP contribution < -0.4 is 4.72 Å². The first-order valence-electron chi connectivity index (χ1n) is 5.38. The van der Waals surface area contributed by atoms with Crippen LogP contribution in [0.25, 0.3) is 5.69 Å². The normalized spacial score (nSPS) is 11.5. The maximum Gasteiger partial charge on any atom is 0.233 e. The monoisotopic (exact) mass is 319 g/mol. The van der Waals surface area contributed by atoms with Crippen molar-refractivity contribution in [2.24, 2.45) is 0 Å². The summed E-state index contributed by atoms with van der Waals surface area (Å²) in [6, 6.07) is 6.63. The minimum atomic E-state index is -3.50. The van der Waals surface area contributed by atoms with E-state index in [0.717, 1.165) is 0 Å². The average Bonchev–Trinajstić information content (AvgIpc) is 2.81. The van der Waals surface area contributed by atoms with E-state index in [0.29, 0.717) is 16.4 Å². The minimum absolute atomic E-state index is 0.0208. The van der Waals surface area contributed by atoms with Gasteiger partial charge in [0.15, 0.2) is 0 Å². The summed E-state index contributed by atoms with van der Waals surface area (Å²) >= 11 is 11.4. The number of halogens is 2. The van der Waals surface area contributed by atoms with Gasteiger partial charge < -0.3 is 0 Å². The van der Waals surface area contributed by atoms with Crippen LogP contribution >= 0.6 is 23.2 Å². The van der Waals surface area contributed by atoms with Crippen LogP contribution in [-0.2, 0) is 10.0 Å². The van der Waals surface area contributed by atoms with Gasteiger partial charge in [-0.25, -0.2) is 13.1 Å². The number of rotatable bonds is 5. The molecule has 0 fully saturated rings. The molecule has 0 unspecified atom stereocenters. The molecule has 5 nitrogen and oxygen atoms in total. The van der Waals surface area contributed by atoms with Crippen LogP contribution in [0.1, 0.15) is 0 Å².